The van der Waals surface area contributed by atoms with E-state index in [2.05, 4.69) is 33.3 Å². The molecule has 160 valence electrons. The molecule has 0 heterocycles. The van der Waals surface area contributed by atoms with Crippen LogP contribution in [0.2, 0.25) is 0 Å². The predicted octanol–water partition coefficient (Wildman–Crippen LogP) is 2.44. The summed E-state index contributed by atoms with van der Waals surface area (Å²) in [4.78, 5) is 4.47. The maximum atomic E-state index is 11.8. The maximum Gasteiger partial charge on any atom is 0.240 e. The molecule has 2 aromatic rings. The summed E-state index contributed by atoms with van der Waals surface area (Å²) in [6.07, 6.45) is 0.808. The van der Waals surface area contributed by atoms with Gasteiger partial charge in [-0.05, 0) is 49.7 Å². The van der Waals surface area contributed by atoms with Gasteiger partial charge in [-0.15, -0.1) is 24.0 Å². The van der Waals surface area contributed by atoms with E-state index in [1.54, 1.807) is 38.4 Å². The number of nitrogens with zero attached hydrogens (tertiary/aromatic N) is 1. The Morgan fingerprint density at radius 1 is 1.10 bits per heavy atom. The number of halogens is 1. The summed E-state index contributed by atoms with van der Waals surface area (Å²) >= 11 is 0. The van der Waals surface area contributed by atoms with Crippen LogP contribution in [0.1, 0.15) is 16.7 Å². The van der Waals surface area contributed by atoms with Crippen LogP contribution in [0.25, 0.3) is 0 Å². The third-order valence-electron chi connectivity index (χ3n) is 4.31. The fourth-order valence-corrected chi connectivity index (χ4v) is 3.46. The molecule has 7 nitrogen and oxygen atoms in total. The average Bonchev–Trinajstić information content (AvgIpc) is 2.71. The fourth-order valence-electron chi connectivity index (χ4n) is 2.73. The maximum absolute atomic E-state index is 11.8. The lowest BCUT2D eigenvalue weighted by Crippen LogP contribution is -2.37. The van der Waals surface area contributed by atoms with Crippen LogP contribution >= 0.6 is 24.0 Å². The molecule has 0 aromatic heterocycles. The van der Waals surface area contributed by atoms with Gasteiger partial charge in [0, 0.05) is 20.1 Å². The monoisotopic (exact) mass is 532 g/mol. The molecule has 0 atom stereocenters. The van der Waals surface area contributed by atoms with Gasteiger partial charge in [-0.1, -0.05) is 29.8 Å². The summed E-state index contributed by atoms with van der Waals surface area (Å²) in [5.74, 6) is 1.56. The zero-order chi connectivity index (χ0) is 20.6. The van der Waals surface area contributed by atoms with Crippen molar-refractivity contribution in [2.45, 2.75) is 24.8 Å². The molecule has 0 spiro atoms. The van der Waals surface area contributed by atoms with Gasteiger partial charge < -0.3 is 15.4 Å². The molecule has 0 bridgehead atoms. The van der Waals surface area contributed by atoms with Gasteiger partial charge in [-0.2, -0.15) is 0 Å². The number of benzene rings is 2. The minimum absolute atomic E-state index is 0. The summed E-state index contributed by atoms with van der Waals surface area (Å²) in [5, 5.41) is 6.51. The van der Waals surface area contributed by atoms with Crippen LogP contribution in [-0.2, 0) is 23.0 Å². The predicted molar refractivity (Wildman–Crippen MR) is 128 cm³/mol. The van der Waals surface area contributed by atoms with E-state index in [1.165, 1.54) is 12.6 Å². The Morgan fingerprint density at radius 3 is 2.38 bits per heavy atom. The highest BCUT2D eigenvalue weighted by molar-refractivity contribution is 14.0. The minimum atomic E-state index is -3.41. The lowest BCUT2D eigenvalue weighted by Gasteiger charge is -2.14. The normalized spacial score (nSPS) is 11.5. The lowest BCUT2D eigenvalue weighted by molar-refractivity contribution is 0.409. The number of hydrogen-bond acceptors (Lipinski definition) is 4. The molecule has 0 amide bonds. The van der Waals surface area contributed by atoms with Crippen molar-refractivity contribution < 1.29 is 13.2 Å². The standard InChI is InChI=1S/C20H28N4O3S.HI/c1-15-5-10-19(27-4)17(13-15)11-12-23-20(21-2)24-14-16-6-8-18(9-7-16)28(25,26)22-3;/h5-10,13,22H,11-12,14H2,1-4H3,(H2,21,23,24);1H. The number of methoxy groups -OCH3 is 1. The molecular weight excluding hydrogens is 503 g/mol. The number of nitrogens with one attached hydrogen (secondary N) is 3. The molecule has 0 unspecified atom stereocenters. The van der Waals surface area contributed by atoms with E-state index < -0.39 is 10.0 Å². The van der Waals surface area contributed by atoms with E-state index in [9.17, 15) is 8.42 Å². The van der Waals surface area contributed by atoms with Crippen molar-refractivity contribution in [2.24, 2.45) is 4.99 Å². The van der Waals surface area contributed by atoms with Gasteiger partial charge in [0.05, 0.1) is 12.0 Å². The van der Waals surface area contributed by atoms with Crippen molar-refractivity contribution in [3.63, 3.8) is 0 Å². The topological polar surface area (TPSA) is 91.8 Å². The van der Waals surface area contributed by atoms with Crippen LogP contribution in [0.4, 0.5) is 0 Å². The van der Waals surface area contributed by atoms with Crippen LogP contribution in [0.15, 0.2) is 52.4 Å². The number of ether oxygens (including phenoxy) is 1. The van der Waals surface area contributed by atoms with Gasteiger partial charge in [0.1, 0.15) is 5.75 Å². The average molecular weight is 532 g/mol. The van der Waals surface area contributed by atoms with Crippen LogP contribution in [0, 0.1) is 6.92 Å². The number of rotatable bonds is 8. The number of guanidine groups is 1. The highest BCUT2D eigenvalue weighted by atomic mass is 127. The second kappa shape index (κ2) is 12.0. The Kier molecular flexibility index (Phi) is 10.4. The quantitative estimate of drug-likeness (QED) is 0.276. The van der Waals surface area contributed by atoms with E-state index in [1.807, 2.05) is 12.1 Å². The molecule has 2 aromatic carbocycles. The zero-order valence-corrected chi connectivity index (χ0v) is 20.3. The third-order valence-corrected chi connectivity index (χ3v) is 5.74. The summed E-state index contributed by atoms with van der Waals surface area (Å²) in [6, 6.07) is 12.9. The van der Waals surface area contributed by atoms with Gasteiger partial charge in [0.2, 0.25) is 10.0 Å². The third kappa shape index (κ3) is 7.48. The fraction of sp³-hybridized carbons (Fsp3) is 0.350. The van der Waals surface area contributed by atoms with Gasteiger partial charge in [0.25, 0.3) is 0 Å². The molecule has 9 heteroatoms. The molecule has 3 N–H and O–H groups in total. The van der Waals surface area contributed by atoms with E-state index >= 15 is 0 Å². The summed E-state index contributed by atoms with van der Waals surface area (Å²) in [5.41, 5.74) is 3.30. The molecule has 0 saturated carbocycles. The Labute approximate surface area is 190 Å². The van der Waals surface area contributed by atoms with Gasteiger partial charge in [0.15, 0.2) is 5.96 Å². The first kappa shape index (κ1) is 25.2. The van der Waals surface area contributed by atoms with E-state index in [-0.39, 0.29) is 28.9 Å². The van der Waals surface area contributed by atoms with E-state index in [0.29, 0.717) is 19.0 Å². The molecular formula is C20H29IN4O3S. The molecule has 0 aliphatic heterocycles. The van der Waals surface area contributed by atoms with Crippen LogP contribution in [0.5, 0.6) is 5.75 Å². The first-order valence-electron chi connectivity index (χ1n) is 9.00. The van der Waals surface area contributed by atoms with Crippen molar-refractivity contribution in [1.29, 1.82) is 0 Å². The van der Waals surface area contributed by atoms with Gasteiger partial charge >= 0.3 is 0 Å². The largest absolute Gasteiger partial charge is 0.496 e. The lowest BCUT2D eigenvalue weighted by atomic mass is 10.1. The summed E-state index contributed by atoms with van der Waals surface area (Å²) in [7, 11) is 1.37. The van der Waals surface area contributed by atoms with Crippen molar-refractivity contribution in [2.75, 3.05) is 27.7 Å². The Bertz CT molecular complexity index is 916. The Morgan fingerprint density at radius 2 is 1.79 bits per heavy atom. The van der Waals surface area contributed by atoms with Crippen LogP contribution in [0.3, 0.4) is 0 Å². The molecule has 0 radical (unpaired) electrons. The van der Waals surface area contributed by atoms with Crippen LogP contribution in [-0.4, -0.2) is 42.1 Å². The minimum Gasteiger partial charge on any atom is -0.496 e. The molecule has 0 saturated heterocycles. The number of aliphatic imine (C=N–C) groups is 1. The van der Waals surface area contributed by atoms with Gasteiger partial charge in [-0.25, -0.2) is 13.1 Å². The van der Waals surface area contributed by atoms with Crippen LogP contribution < -0.4 is 20.1 Å². The summed E-state index contributed by atoms with van der Waals surface area (Å²) in [6.45, 7) is 3.30. The van der Waals surface area contributed by atoms with Crippen molar-refractivity contribution >= 4 is 40.0 Å². The van der Waals surface area contributed by atoms with Crippen molar-refractivity contribution in [1.82, 2.24) is 15.4 Å². The SMILES string of the molecule is CN=C(NCCc1cc(C)ccc1OC)NCc1ccc(S(=O)(=O)NC)cc1.I. The molecule has 29 heavy (non-hydrogen) atoms. The molecule has 0 aliphatic rings. The molecule has 2 rings (SSSR count). The number of aryl methyl sites for hydroxylation is 1. The molecule has 0 aliphatic carbocycles. The zero-order valence-electron chi connectivity index (χ0n) is 17.2. The molecule has 0 fully saturated rings. The highest BCUT2D eigenvalue weighted by Crippen LogP contribution is 2.19. The van der Waals surface area contributed by atoms with E-state index in [4.69, 9.17) is 4.74 Å². The summed E-state index contributed by atoms with van der Waals surface area (Å²) < 4.78 is 31.2. The van der Waals surface area contributed by atoms with Crippen molar-refractivity contribution in [3.05, 3.63) is 59.2 Å². The van der Waals surface area contributed by atoms with E-state index in [0.717, 1.165) is 23.3 Å². The first-order chi connectivity index (χ1) is 13.4. The second-order valence-electron chi connectivity index (χ2n) is 6.27. The van der Waals surface area contributed by atoms with Gasteiger partial charge in [-0.3, -0.25) is 4.99 Å². The Hall–Kier alpha value is -1.85. The van der Waals surface area contributed by atoms with Crippen molar-refractivity contribution in [3.8, 4) is 5.75 Å². The second-order valence-corrected chi connectivity index (χ2v) is 8.16. The first-order valence-corrected chi connectivity index (χ1v) is 10.5. The smallest absolute Gasteiger partial charge is 0.240 e. The Balaban J connectivity index is 0.00000420. The number of hydrogen-bond donors (Lipinski definition) is 3. The highest BCUT2D eigenvalue weighted by Gasteiger charge is 2.10. The number of sulfonamides is 1.